The van der Waals surface area contributed by atoms with Crippen molar-refractivity contribution in [1.82, 2.24) is 0 Å². The van der Waals surface area contributed by atoms with Crippen LogP contribution in [-0.4, -0.2) is 12.1 Å². The van der Waals surface area contributed by atoms with Crippen LogP contribution in [0.25, 0.3) is 0 Å². The number of allylic oxidation sites excluding steroid dienone is 3. The normalized spacial score (nSPS) is 14.5. The molecule has 0 amide bonds. The van der Waals surface area contributed by atoms with Crippen LogP contribution in [0.15, 0.2) is 23.3 Å². The van der Waals surface area contributed by atoms with Gasteiger partial charge in [0.1, 0.15) is 6.10 Å². The van der Waals surface area contributed by atoms with Gasteiger partial charge in [0, 0.05) is 6.92 Å². The monoisotopic (exact) mass is 252 g/mol. The average Bonchev–Trinajstić information content (AvgIpc) is 2.33. The van der Waals surface area contributed by atoms with E-state index >= 15 is 0 Å². The number of hydrogen-bond acceptors (Lipinski definition) is 2. The Morgan fingerprint density at radius 1 is 1.28 bits per heavy atom. The van der Waals surface area contributed by atoms with Gasteiger partial charge in [-0.05, 0) is 52.0 Å². The number of rotatable bonds is 8. The average molecular weight is 252 g/mol. The maximum atomic E-state index is 11.1. The van der Waals surface area contributed by atoms with Crippen molar-refractivity contribution < 1.29 is 9.53 Å². The number of unbranched alkanes of at least 4 members (excludes halogenated alkanes) is 1. The van der Waals surface area contributed by atoms with Gasteiger partial charge >= 0.3 is 5.97 Å². The molecule has 0 N–H and O–H groups in total. The van der Waals surface area contributed by atoms with Gasteiger partial charge in [0.2, 0.25) is 0 Å². The van der Waals surface area contributed by atoms with E-state index in [2.05, 4.69) is 39.8 Å². The zero-order valence-corrected chi connectivity index (χ0v) is 12.6. The largest absolute Gasteiger partial charge is 0.458 e. The van der Waals surface area contributed by atoms with Gasteiger partial charge in [-0.25, -0.2) is 0 Å². The van der Waals surface area contributed by atoms with Crippen molar-refractivity contribution in [2.75, 3.05) is 0 Å². The third-order valence-corrected chi connectivity index (χ3v) is 3.13. The predicted octanol–water partition coefficient (Wildman–Crippen LogP) is 4.80. The Bertz CT molecular complexity index is 300. The first-order chi connectivity index (χ1) is 8.51. The van der Waals surface area contributed by atoms with Crippen molar-refractivity contribution in [2.45, 2.75) is 72.8 Å². The number of ether oxygens (including phenoxy) is 1. The van der Waals surface area contributed by atoms with Crippen molar-refractivity contribution in [3.8, 4) is 0 Å². The fourth-order valence-corrected chi connectivity index (χ4v) is 1.77. The number of carbonyl (C=O) groups is 1. The van der Waals surface area contributed by atoms with Crippen LogP contribution in [0.5, 0.6) is 0 Å². The Hall–Kier alpha value is -1.05. The van der Waals surface area contributed by atoms with Gasteiger partial charge in [-0.1, -0.05) is 31.1 Å². The molecule has 0 saturated carbocycles. The minimum absolute atomic E-state index is 0.0339. The highest BCUT2D eigenvalue weighted by Gasteiger charge is 2.13. The summed E-state index contributed by atoms with van der Waals surface area (Å²) >= 11 is 0. The molecule has 104 valence electrons. The summed E-state index contributed by atoms with van der Waals surface area (Å²) in [7, 11) is 0. The molecule has 2 heteroatoms. The fourth-order valence-electron chi connectivity index (χ4n) is 1.77. The summed E-state index contributed by atoms with van der Waals surface area (Å²) < 4.78 is 5.38. The molecule has 0 bridgehead atoms. The number of esters is 1. The van der Waals surface area contributed by atoms with E-state index in [4.69, 9.17) is 4.74 Å². The van der Waals surface area contributed by atoms with Gasteiger partial charge in [0.15, 0.2) is 0 Å². The van der Waals surface area contributed by atoms with E-state index in [1.165, 1.54) is 18.1 Å². The van der Waals surface area contributed by atoms with Crippen LogP contribution in [-0.2, 0) is 9.53 Å². The Morgan fingerprint density at radius 2 is 1.94 bits per heavy atom. The topological polar surface area (TPSA) is 26.3 Å². The lowest BCUT2D eigenvalue weighted by Gasteiger charge is -2.17. The van der Waals surface area contributed by atoms with E-state index in [0.717, 1.165) is 32.1 Å². The first-order valence-electron chi connectivity index (χ1n) is 6.96. The van der Waals surface area contributed by atoms with Gasteiger partial charge in [-0.15, -0.1) is 0 Å². The van der Waals surface area contributed by atoms with Crippen LogP contribution in [0.3, 0.4) is 0 Å². The molecular formula is C16H28O2. The summed E-state index contributed by atoms with van der Waals surface area (Å²) in [6, 6.07) is 0. The molecule has 0 aliphatic heterocycles. The van der Waals surface area contributed by atoms with Crippen molar-refractivity contribution in [2.24, 2.45) is 0 Å². The van der Waals surface area contributed by atoms with Crippen molar-refractivity contribution in [3.63, 3.8) is 0 Å². The summed E-state index contributed by atoms with van der Waals surface area (Å²) in [6.07, 6.45) is 9.56. The molecule has 1 unspecified atom stereocenters. The number of carbonyl (C=O) groups excluding carboxylic acids is 1. The zero-order chi connectivity index (χ0) is 14.0. The molecule has 0 heterocycles. The molecule has 0 aliphatic rings. The third kappa shape index (κ3) is 8.10. The van der Waals surface area contributed by atoms with Gasteiger partial charge < -0.3 is 4.74 Å². The van der Waals surface area contributed by atoms with Crippen LogP contribution in [0.4, 0.5) is 0 Å². The molecule has 0 saturated heterocycles. The predicted molar refractivity (Wildman–Crippen MR) is 77.5 cm³/mol. The van der Waals surface area contributed by atoms with E-state index in [0.29, 0.717) is 0 Å². The van der Waals surface area contributed by atoms with Gasteiger partial charge in [-0.3, -0.25) is 4.79 Å². The van der Waals surface area contributed by atoms with E-state index in [9.17, 15) is 4.79 Å². The summed E-state index contributed by atoms with van der Waals surface area (Å²) in [5.74, 6) is -0.187. The van der Waals surface area contributed by atoms with Gasteiger partial charge in [-0.2, -0.15) is 0 Å². The highest BCUT2D eigenvalue weighted by atomic mass is 16.5. The van der Waals surface area contributed by atoms with Crippen LogP contribution in [0.2, 0.25) is 0 Å². The first-order valence-corrected chi connectivity index (χ1v) is 6.96. The Labute approximate surface area is 112 Å². The summed E-state index contributed by atoms with van der Waals surface area (Å²) in [6.45, 7) is 9.91. The minimum atomic E-state index is -0.187. The standard InChI is InChI=1S/C16H28O2/c1-6-8-12-16(18-15(5)17)14(4)11-9-10-13(3)7-2/h7,11,16H,6,8-10,12H2,1-5H3. The fraction of sp³-hybridized carbons (Fsp3) is 0.688. The van der Waals surface area contributed by atoms with Crippen LogP contribution in [0.1, 0.15) is 66.7 Å². The first kappa shape index (κ1) is 16.9. The molecule has 0 aliphatic carbocycles. The molecule has 2 nitrogen and oxygen atoms in total. The second-order valence-corrected chi connectivity index (χ2v) is 4.86. The highest BCUT2D eigenvalue weighted by Crippen LogP contribution is 2.16. The van der Waals surface area contributed by atoms with Gasteiger partial charge in [0.25, 0.3) is 0 Å². The van der Waals surface area contributed by atoms with Crippen LogP contribution >= 0.6 is 0 Å². The molecule has 0 fully saturated rings. The molecular weight excluding hydrogens is 224 g/mol. The number of hydrogen-bond donors (Lipinski definition) is 0. The third-order valence-electron chi connectivity index (χ3n) is 3.13. The smallest absolute Gasteiger partial charge is 0.303 e. The Kier molecular flexibility index (Phi) is 9.35. The second-order valence-electron chi connectivity index (χ2n) is 4.86. The van der Waals surface area contributed by atoms with E-state index < -0.39 is 0 Å². The Balaban J connectivity index is 4.37. The molecule has 18 heavy (non-hydrogen) atoms. The summed E-state index contributed by atoms with van der Waals surface area (Å²) in [4.78, 5) is 11.1. The highest BCUT2D eigenvalue weighted by molar-refractivity contribution is 5.66. The molecule has 1 atom stereocenters. The molecule has 0 spiro atoms. The minimum Gasteiger partial charge on any atom is -0.458 e. The maximum Gasteiger partial charge on any atom is 0.303 e. The van der Waals surface area contributed by atoms with Crippen molar-refractivity contribution in [3.05, 3.63) is 23.3 Å². The molecule has 0 rings (SSSR count). The van der Waals surface area contributed by atoms with Crippen molar-refractivity contribution >= 4 is 5.97 Å². The quantitative estimate of drug-likeness (QED) is 0.458. The second kappa shape index (κ2) is 9.93. The van der Waals surface area contributed by atoms with E-state index in [1.54, 1.807) is 0 Å². The lowest BCUT2D eigenvalue weighted by atomic mass is 10.0. The SMILES string of the molecule is CC=C(C)CCC=C(C)C(CCCC)OC(C)=O. The van der Waals surface area contributed by atoms with Crippen molar-refractivity contribution in [1.29, 1.82) is 0 Å². The lowest BCUT2D eigenvalue weighted by molar-refractivity contribution is -0.144. The van der Waals surface area contributed by atoms with Crippen LogP contribution in [0, 0.1) is 0 Å². The summed E-state index contributed by atoms with van der Waals surface area (Å²) in [5, 5.41) is 0. The van der Waals surface area contributed by atoms with E-state index in [1.807, 2.05) is 0 Å². The lowest BCUT2D eigenvalue weighted by Crippen LogP contribution is -2.17. The molecule has 0 aromatic carbocycles. The molecule has 0 aromatic rings. The molecule has 0 radical (unpaired) electrons. The Morgan fingerprint density at radius 3 is 2.44 bits per heavy atom. The zero-order valence-electron chi connectivity index (χ0n) is 12.6. The molecule has 0 aromatic heterocycles. The van der Waals surface area contributed by atoms with Gasteiger partial charge in [0.05, 0.1) is 0 Å². The van der Waals surface area contributed by atoms with E-state index in [-0.39, 0.29) is 12.1 Å². The van der Waals surface area contributed by atoms with Crippen LogP contribution < -0.4 is 0 Å². The summed E-state index contributed by atoms with van der Waals surface area (Å²) in [5.41, 5.74) is 2.58. The maximum absolute atomic E-state index is 11.1.